The molecule has 0 radical (unpaired) electrons. The Bertz CT molecular complexity index is 841. The van der Waals surface area contributed by atoms with Crippen LogP contribution in [0.1, 0.15) is 25.3 Å². The summed E-state index contributed by atoms with van der Waals surface area (Å²) in [6.07, 6.45) is 3.02. The molecule has 5 nitrogen and oxygen atoms in total. The fraction of sp³-hybridized carbons (Fsp3) is 0.444. The third-order valence-corrected chi connectivity index (χ3v) is 5.12. The standard InChI is InChI=1S/C18H19Cl2NO4/c1-2-24-18(23)11-3-5-21(6-4-11)9-12-10-25-17-14(16(12)22)7-13(19)8-15(17)20/h7-8,10-11H,2-6,9H2,1H3/p+1. The zero-order valence-corrected chi connectivity index (χ0v) is 15.5. The van der Waals surface area contributed by atoms with E-state index in [1.807, 2.05) is 6.92 Å². The van der Waals surface area contributed by atoms with Gasteiger partial charge in [-0.1, -0.05) is 23.2 Å². The van der Waals surface area contributed by atoms with E-state index in [2.05, 4.69) is 0 Å². The lowest BCUT2D eigenvalue weighted by Gasteiger charge is -2.27. The molecule has 0 amide bonds. The van der Waals surface area contributed by atoms with Gasteiger partial charge in [-0.25, -0.2) is 0 Å². The first-order valence-electron chi connectivity index (χ1n) is 8.39. The number of fused-ring (bicyclic) bond motifs is 1. The summed E-state index contributed by atoms with van der Waals surface area (Å²) < 4.78 is 10.7. The van der Waals surface area contributed by atoms with Gasteiger partial charge in [-0.2, -0.15) is 0 Å². The van der Waals surface area contributed by atoms with E-state index in [1.165, 1.54) is 11.2 Å². The van der Waals surface area contributed by atoms with Crippen molar-refractivity contribution in [3.8, 4) is 0 Å². The third kappa shape index (κ3) is 4.00. The lowest BCUT2D eigenvalue weighted by Crippen LogP contribution is -3.12. The molecule has 7 heteroatoms. The van der Waals surface area contributed by atoms with Gasteiger partial charge in [0.25, 0.3) is 0 Å². The maximum atomic E-state index is 12.7. The molecule has 1 aliphatic rings. The van der Waals surface area contributed by atoms with E-state index >= 15 is 0 Å². The smallest absolute Gasteiger partial charge is 0.309 e. The van der Waals surface area contributed by atoms with E-state index in [9.17, 15) is 9.59 Å². The molecular formula is C18H20Cl2NO4+. The van der Waals surface area contributed by atoms with E-state index in [1.54, 1.807) is 12.1 Å². The lowest BCUT2D eigenvalue weighted by atomic mass is 9.96. The first-order chi connectivity index (χ1) is 12.0. The highest BCUT2D eigenvalue weighted by atomic mass is 35.5. The van der Waals surface area contributed by atoms with Crippen LogP contribution < -0.4 is 10.3 Å². The normalized spacial score (nSPS) is 20.6. The van der Waals surface area contributed by atoms with E-state index in [4.69, 9.17) is 32.4 Å². The molecule has 134 valence electrons. The molecule has 0 unspecified atom stereocenters. The summed E-state index contributed by atoms with van der Waals surface area (Å²) in [5.41, 5.74) is 0.844. The Hall–Kier alpha value is -1.56. The second-order valence-corrected chi connectivity index (χ2v) is 7.15. The van der Waals surface area contributed by atoms with Crippen molar-refractivity contribution in [1.29, 1.82) is 0 Å². The Morgan fingerprint density at radius 3 is 2.72 bits per heavy atom. The van der Waals surface area contributed by atoms with Crippen LogP contribution in [0.4, 0.5) is 0 Å². The van der Waals surface area contributed by atoms with Crippen LogP contribution in [0.25, 0.3) is 11.0 Å². The minimum Gasteiger partial charge on any atom is -0.466 e. The number of halogens is 2. The number of hydrogen-bond donors (Lipinski definition) is 1. The Morgan fingerprint density at radius 2 is 2.04 bits per heavy atom. The van der Waals surface area contributed by atoms with Crippen molar-refractivity contribution in [3.63, 3.8) is 0 Å². The van der Waals surface area contributed by atoms with Crippen LogP contribution in [0, 0.1) is 5.92 Å². The number of ether oxygens (including phenoxy) is 1. The monoisotopic (exact) mass is 384 g/mol. The van der Waals surface area contributed by atoms with E-state index in [-0.39, 0.29) is 17.3 Å². The van der Waals surface area contributed by atoms with Crippen LogP contribution in [0.3, 0.4) is 0 Å². The van der Waals surface area contributed by atoms with Crippen LogP contribution >= 0.6 is 23.2 Å². The SMILES string of the molecule is CCOC(=O)C1CC[NH+](Cc2coc3c(Cl)cc(Cl)cc3c2=O)CC1. The molecule has 1 N–H and O–H groups in total. The molecule has 1 fully saturated rings. The molecule has 2 aromatic rings. The lowest BCUT2D eigenvalue weighted by molar-refractivity contribution is -0.919. The van der Waals surface area contributed by atoms with Crippen molar-refractivity contribution in [1.82, 2.24) is 0 Å². The number of quaternary nitrogens is 1. The molecule has 2 heterocycles. The Balaban J connectivity index is 1.73. The molecule has 0 spiro atoms. The number of benzene rings is 1. The van der Waals surface area contributed by atoms with Crippen molar-refractivity contribution in [2.24, 2.45) is 5.92 Å². The summed E-state index contributed by atoms with van der Waals surface area (Å²) in [7, 11) is 0. The highest BCUT2D eigenvalue weighted by Crippen LogP contribution is 2.26. The summed E-state index contributed by atoms with van der Waals surface area (Å²) in [5.74, 6) is -0.148. The summed E-state index contributed by atoms with van der Waals surface area (Å²) in [6.45, 7) is 4.41. The first-order valence-corrected chi connectivity index (χ1v) is 9.14. The number of piperidine rings is 1. The average Bonchev–Trinajstić information content (AvgIpc) is 2.58. The van der Waals surface area contributed by atoms with Gasteiger partial charge in [0, 0.05) is 17.9 Å². The third-order valence-electron chi connectivity index (χ3n) is 4.62. The number of likely N-dealkylation sites (tertiary alicyclic amines) is 1. The summed E-state index contributed by atoms with van der Waals surface area (Å²) in [5, 5.41) is 1.13. The second-order valence-electron chi connectivity index (χ2n) is 6.31. The molecule has 1 aliphatic heterocycles. The molecule has 0 saturated carbocycles. The van der Waals surface area contributed by atoms with E-state index < -0.39 is 0 Å². The molecule has 3 rings (SSSR count). The zero-order valence-electron chi connectivity index (χ0n) is 13.9. The minimum atomic E-state index is -0.115. The molecule has 0 atom stereocenters. The number of nitrogens with one attached hydrogen (secondary N) is 1. The Morgan fingerprint density at radius 1 is 1.32 bits per heavy atom. The van der Waals surface area contributed by atoms with Crippen molar-refractivity contribution >= 4 is 40.1 Å². The van der Waals surface area contributed by atoms with Crippen molar-refractivity contribution in [2.75, 3.05) is 19.7 Å². The maximum Gasteiger partial charge on any atom is 0.309 e. The summed E-state index contributed by atoms with van der Waals surface area (Å²) >= 11 is 12.1. The second kappa shape index (κ2) is 7.77. The molecule has 1 saturated heterocycles. The Kier molecular flexibility index (Phi) is 5.67. The quantitative estimate of drug-likeness (QED) is 0.822. The number of esters is 1. The number of carbonyl (C=O) groups excluding carboxylic acids is 1. The van der Waals surface area contributed by atoms with Crippen molar-refractivity contribution < 1.29 is 18.8 Å². The fourth-order valence-electron chi connectivity index (χ4n) is 3.30. The molecule has 0 bridgehead atoms. The van der Waals surface area contributed by atoms with Gasteiger partial charge < -0.3 is 14.1 Å². The highest BCUT2D eigenvalue weighted by Gasteiger charge is 2.29. The van der Waals surface area contributed by atoms with Gasteiger partial charge in [-0.3, -0.25) is 9.59 Å². The average molecular weight is 385 g/mol. The molecule has 1 aromatic carbocycles. The van der Waals surface area contributed by atoms with Crippen molar-refractivity contribution in [3.05, 3.63) is 44.2 Å². The van der Waals surface area contributed by atoms with Crippen molar-refractivity contribution in [2.45, 2.75) is 26.3 Å². The summed E-state index contributed by atoms with van der Waals surface area (Å²) in [6, 6.07) is 3.14. The largest absolute Gasteiger partial charge is 0.466 e. The van der Waals surface area contributed by atoms with Crippen LogP contribution in [0.15, 0.2) is 27.6 Å². The van der Waals surface area contributed by atoms with Gasteiger partial charge >= 0.3 is 5.97 Å². The van der Waals surface area contributed by atoms with Gasteiger partial charge in [0.1, 0.15) is 12.8 Å². The number of carbonyl (C=O) groups is 1. The van der Waals surface area contributed by atoms with Gasteiger partial charge in [0.15, 0.2) is 5.58 Å². The maximum absolute atomic E-state index is 12.7. The van der Waals surface area contributed by atoms with Gasteiger partial charge in [-0.05, 0) is 19.1 Å². The van der Waals surface area contributed by atoms with E-state index in [0.29, 0.717) is 39.7 Å². The fourth-order valence-corrected chi connectivity index (χ4v) is 3.83. The number of rotatable bonds is 4. The molecule has 1 aromatic heterocycles. The van der Waals surface area contributed by atoms with Crippen LogP contribution in [-0.2, 0) is 16.1 Å². The van der Waals surface area contributed by atoms with Crippen LogP contribution in [-0.4, -0.2) is 25.7 Å². The van der Waals surface area contributed by atoms with E-state index in [0.717, 1.165) is 25.9 Å². The predicted molar refractivity (Wildman–Crippen MR) is 96.3 cm³/mol. The molecule has 25 heavy (non-hydrogen) atoms. The summed E-state index contributed by atoms with van der Waals surface area (Å²) in [4.78, 5) is 25.8. The predicted octanol–water partition coefficient (Wildman–Crippen LogP) is 2.46. The van der Waals surface area contributed by atoms with Gasteiger partial charge in [-0.15, -0.1) is 0 Å². The molecule has 0 aliphatic carbocycles. The van der Waals surface area contributed by atoms with Gasteiger partial charge in [0.05, 0.1) is 41.6 Å². The Labute approximate surface area is 155 Å². The number of hydrogen-bond acceptors (Lipinski definition) is 4. The highest BCUT2D eigenvalue weighted by molar-refractivity contribution is 6.38. The molecular weight excluding hydrogens is 365 g/mol. The van der Waals surface area contributed by atoms with Gasteiger partial charge in [0.2, 0.25) is 5.43 Å². The first kappa shape index (κ1) is 18.2. The zero-order chi connectivity index (χ0) is 18.0. The van der Waals surface area contributed by atoms with Crippen LogP contribution in [0.5, 0.6) is 0 Å². The minimum absolute atomic E-state index is 0.0330. The topological polar surface area (TPSA) is 61.0 Å². The van der Waals surface area contributed by atoms with Crippen LogP contribution in [0.2, 0.25) is 10.0 Å².